The van der Waals surface area contributed by atoms with Gasteiger partial charge in [-0.3, -0.25) is 4.79 Å². The first-order valence-corrected chi connectivity index (χ1v) is 5.92. The lowest BCUT2D eigenvalue weighted by Crippen LogP contribution is -2.42. The maximum atomic E-state index is 12.0. The van der Waals surface area contributed by atoms with Gasteiger partial charge in [0, 0.05) is 29.6 Å². The van der Waals surface area contributed by atoms with Crippen LogP contribution in [0.2, 0.25) is 0 Å². The molecule has 1 aromatic carbocycles. The minimum Gasteiger partial charge on any atom is -0.480 e. The lowest BCUT2D eigenvalue weighted by Gasteiger charge is -2.13. The number of rotatable bonds is 5. The van der Waals surface area contributed by atoms with E-state index in [4.69, 9.17) is 10.8 Å². The molecule has 0 spiro atoms. The Bertz CT molecular complexity index is 593. The number of nitrogens with one attached hydrogen (secondary N) is 2. The molecule has 7 nitrogen and oxygen atoms in total. The Morgan fingerprint density at radius 3 is 2.60 bits per heavy atom. The molecular weight excluding hydrogens is 260 g/mol. The summed E-state index contributed by atoms with van der Waals surface area (Å²) >= 11 is 0. The second-order valence-corrected chi connectivity index (χ2v) is 4.27. The lowest BCUT2D eigenvalue weighted by atomic mass is 10.1. The van der Waals surface area contributed by atoms with Crippen molar-refractivity contribution in [1.82, 2.24) is 15.3 Å². The van der Waals surface area contributed by atoms with Crippen LogP contribution in [-0.2, 0) is 11.2 Å². The normalized spacial score (nSPS) is 11.8. The number of carboxylic acid groups (broad SMARTS) is 1. The van der Waals surface area contributed by atoms with Crippen LogP contribution in [-0.4, -0.2) is 33.0 Å². The highest BCUT2D eigenvalue weighted by Crippen LogP contribution is 2.06. The van der Waals surface area contributed by atoms with Gasteiger partial charge < -0.3 is 21.1 Å². The standard InChI is InChI=1S/C13H14N4O3/c14-9-3-1-8(2-4-9)12(18)17-11(13(19)20)5-10-6-15-7-16-10/h1-4,6-7,11H,5,14H2,(H,15,16)(H,17,18)(H,19,20)/t11-/m1/s1. The number of carbonyl (C=O) groups is 2. The minimum absolute atomic E-state index is 0.135. The van der Waals surface area contributed by atoms with Gasteiger partial charge in [0.05, 0.1) is 6.33 Å². The number of aliphatic carboxylic acids is 1. The Hall–Kier alpha value is -2.83. The number of imidazole rings is 1. The third-order valence-electron chi connectivity index (χ3n) is 2.76. The molecule has 2 rings (SSSR count). The third-order valence-corrected chi connectivity index (χ3v) is 2.76. The summed E-state index contributed by atoms with van der Waals surface area (Å²) < 4.78 is 0. The molecule has 0 aliphatic rings. The van der Waals surface area contributed by atoms with Crippen molar-refractivity contribution in [2.24, 2.45) is 0 Å². The van der Waals surface area contributed by atoms with Gasteiger partial charge in [-0.05, 0) is 24.3 Å². The van der Waals surface area contributed by atoms with E-state index < -0.39 is 17.9 Å². The van der Waals surface area contributed by atoms with E-state index in [0.29, 0.717) is 16.9 Å². The van der Waals surface area contributed by atoms with Crippen molar-refractivity contribution in [2.45, 2.75) is 12.5 Å². The number of nitrogens with two attached hydrogens (primary N) is 1. The van der Waals surface area contributed by atoms with Crippen LogP contribution in [0.25, 0.3) is 0 Å². The van der Waals surface area contributed by atoms with Crippen LogP contribution in [0.3, 0.4) is 0 Å². The topological polar surface area (TPSA) is 121 Å². The van der Waals surface area contributed by atoms with Crippen LogP contribution in [0.4, 0.5) is 5.69 Å². The van der Waals surface area contributed by atoms with E-state index in [0.717, 1.165) is 0 Å². The molecule has 0 saturated heterocycles. The fourth-order valence-corrected chi connectivity index (χ4v) is 1.69. The maximum absolute atomic E-state index is 12.0. The molecule has 0 aliphatic heterocycles. The number of H-pyrrole nitrogens is 1. The summed E-state index contributed by atoms with van der Waals surface area (Å²) in [5.74, 6) is -1.57. The highest BCUT2D eigenvalue weighted by atomic mass is 16.4. The number of carbonyl (C=O) groups excluding carboxylic acids is 1. The van der Waals surface area contributed by atoms with Gasteiger partial charge in [0.15, 0.2) is 0 Å². The molecule has 20 heavy (non-hydrogen) atoms. The number of anilines is 1. The van der Waals surface area contributed by atoms with Crippen molar-refractivity contribution in [2.75, 3.05) is 5.73 Å². The number of carboxylic acids is 1. The Balaban J connectivity index is 2.06. The van der Waals surface area contributed by atoms with Crippen LogP contribution in [0, 0.1) is 0 Å². The van der Waals surface area contributed by atoms with Crippen molar-refractivity contribution in [3.05, 3.63) is 48.0 Å². The summed E-state index contributed by atoms with van der Waals surface area (Å²) in [6, 6.07) is 5.22. The van der Waals surface area contributed by atoms with Crippen LogP contribution in [0.1, 0.15) is 16.1 Å². The van der Waals surface area contributed by atoms with Gasteiger partial charge in [-0.2, -0.15) is 0 Å². The Morgan fingerprint density at radius 1 is 1.35 bits per heavy atom. The monoisotopic (exact) mass is 274 g/mol. The number of nitrogens with zero attached hydrogens (tertiary/aromatic N) is 1. The molecule has 5 N–H and O–H groups in total. The first-order chi connectivity index (χ1) is 9.56. The van der Waals surface area contributed by atoms with Gasteiger partial charge in [0.25, 0.3) is 5.91 Å². The van der Waals surface area contributed by atoms with Crippen molar-refractivity contribution >= 4 is 17.6 Å². The summed E-state index contributed by atoms with van der Waals surface area (Å²) in [6.45, 7) is 0. The molecule has 0 fully saturated rings. The lowest BCUT2D eigenvalue weighted by molar-refractivity contribution is -0.139. The van der Waals surface area contributed by atoms with Gasteiger partial charge in [-0.15, -0.1) is 0 Å². The number of benzene rings is 1. The Kier molecular flexibility index (Phi) is 3.99. The summed E-state index contributed by atoms with van der Waals surface area (Å²) in [4.78, 5) is 29.7. The molecule has 1 atom stereocenters. The first kappa shape index (κ1) is 13.6. The minimum atomic E-state index is -1.11. The van der Waals surface area contributed by atoms with E-state index in [2.05, 4.69) is 15.3 Å². The number of nitrogen functional groups attached to an aromatic ring is 1. The van der Waals surface area contributed by atoms with Crippen LogP contribution in [0.15, 0.2) is 36.8 Å². The third kappa shape index (κ3) is 3.35. The van der Waals surface area contributed by atoms with Gasteiger partial charge in [-0.25, -0.2) is 9.78 Å². The number of aromatic amines is 1. The van der Waals surface area contributed by atoms with Crippen molar-refractivity contribution in [3.8, 4) is 0 Å². The summed E-state index contributed by atoms with van der Waals surface area (Å²) in [5.41, 5.74) is 7.06. The molecule has 1 heterocycles. The summed E-state index contributed by atoms with van der Waals surface area (Å²) in [6.07, 6.45) is 3.11. The Morgan fingerprint density at radius 2 is 2.05 bits per heavy atom. The quantitative estimate of drug-likeness (QED) is 0.589. The van der Waals surface area contributed by atoms with Crippen LogP contribution in [0.5, 0.6) is 0 Å². The van der Waals surface area contributed by atoms with Crippen molar-refractivity contribution in [3.63, 3.8) is 0 Å². The predicted octanol–water partition coefficient (Wildman–Crippen LogP) is 0.418. The average molecular weight is 274 g/mol. The van der Waals surface area contributed by atoms with E-state index in [1.807, 2.05) is 0 Å². The number of amides is 1. The highest BCUT2D eigenvalue weighted by molar-refractivity contribution is 5.96. The molecule has 104 valence electrons. The molecule has 0 saturated carbocycles. The molecule has 2 aromatic rings. The molecular formula is C13H14N4O3. The van der Waals surface area contributed by atoms with E-state index >= 15 is 0 Å². The molecule has 1 amide bonds. The zero-order valence-electron chi connectivity index (χ0n) is 10.5. The zero-order chi connectivity index (χ0) is 14.5. The molecule has 0 radical (unpaired) electrons. The predicted molar refractivity (Wildman–Crippen MR) is 72.0 cm³/mol. The maximum Gasteiger partial charge on any atom is 0.326 e. The molecule has 0 aliphatic carbocycles. The summed E-state index contributed by atoms with van der Waals surface area (Å²) in [5, 5.41) is 11.6. The van der Waals surface area contributed by atoms with Gasteiger partial charge in [0.2, 0.25) is 0 Å². The van der Waals surface area contributed by atoms with Gasteiger partial charge in [-0.1, -0.05) is 0 Å². The SMILES string of the molecule is Nc1ccc(C(=O)N[C@H](Cc2cnc[nH]2)C(=O)O)cc1. The molecule has 0 unspecified atom stereocenters. The fourth-order valence-electron chi connectivity index (χ4n) is 1.69. The number of aromatic nitrogens is 2. The van der Waals surface area contributed by atoms with Crippen LogP contribution >= 0.6 is 0 Å². The molecule has 1 aromatic heterocycles. The smallest absolute Gasteiger partial charge is 0.326 e. The second kappa shape index (κ2) is 5.87. The van der Waals surface area contributed by atoms with Gasteiger partial charge in [0.1, 0.15) is 6.04 Å². The van der Waals surface area contributed by atoms with E-state index in [9.17, 15) is 9.59 Å². The molecule has 0 bridgehead atoms. The number of hydrogen-bond donors (Lipinski definition) is 4. The van der Waals surface area contributed by atoms with E-state index in [1.165, 1.54) is 12.5 Å². The number of hydrogen-bond acceptors (Lipinski definition) is 4. The first-order valence-electron chi connectivity index (χ1n) is 5.92. The second-order valence-electron chi connectivity index (χ2n) is 4.27. The largest absolute Gasteiger partial charge is 0.480 e. The fraction of sp³-hybridized carbons (Fsp3) is 0.154. The van der Waals surface area contributed by atoms with Crippen LogP contribution < -0.4 is 11.1 Å². The Labute approximate surface area is 114 Å². The summed E-state index contributed by atoms with van der Waals surface area (Å²) in [7, 11) is 0. The van der Waals surface area contributed by atoms with E-state index in [1.54, 1.807) is 24.3 Å². The van der Waals surface area contributed by atoms with E-state index in [-0.39, 0.29) is 6.42 Å². The average Bonchev–Trinajstić information content (AvgIpc) is 2.91. The highest BCUT2D eigenvalue weighted by Gasteiger charge is 2.21. The zero-order valence-corrected chi connectivity index (χ0v) is 10.5. The van der Waals surface area contributed by atoms with Gasteiger partial charge >= 0.3 is 5.97 Å². The van der Waals surface area contributed by atoms with Crippen molar-refractivity contribution < 1.29 is 14.7 Å². The van der Waals surface area contributed by atoms with Crippen molar-refractivity contribution in [1.29, 1.82) is 0 Å². The molecule has 7 heteroatoms.